The third-order valence-corrected chi connectivity index (χ3v) is 11.4. The van der Waals surface area contributed by atoms with Gasteiger partial charge in [0.2, 0.25) is 0 Å². The number of allylic oxidation sites excluding steroid dienone is 4. The Bertz CT molecular complexity index is 1880. The third kappa shape index (κ3) is 6.78. The molecule has 244 valence electrons. The third-order valence-electron chi connectivity index (χ3n) is 9.33. The molecule has 2 unspecified atom stereocenters. The van der Waals surface area contributed by atoms with Gasteiger partial charge < -0.3 is 19.7 Å². The summed E-state index contributed by atoms with van der Waals surface area (Å²) in [4.78, 5) is 27.8. The van der Waals surface area contributed by atoms with Crippen LogP contribution in [0.1, 0.15) is 86.2 Å². The molecule has 14 heteroatoms. The van der Waals surface area contributed by atoms with Gasteiger partial charge in [0.25, 0.3) is 0 Å². The van der Waals surface area contributed by atoms with E-state index in [9.17, 15) is 35.5 Å². The van der Waals surface area contributed by atoms with Crippen molar-refractivity contribution in [1.82, 2.24) is 0 Å². The van der Waals surface area contributed by atoms with Gasteiger partial charge in [-0.2, -0.15) is 0 Å². The van der Waals surface area contributed by atoms with Crippen LogP contribution in [-0.2, 0) is 20.2 Å². The fourth-order valence-corrected chi connectivity index (χ4v) is 8.95. The van der Waals surface area contributed by atoms with E-state index in [2.05, 4.69) is 10.6 Å². The Balaban J connectivity index is 0.00000312. The van der Waals surface area contributed by atoms with Crippen LogP contribution in [0.25, 0.3) is 0 Å². The second kappa shape index (κ2) is 13.7. The monoisotopic (exact) mass is 710 g/mol. The number of ketones is 2. The van der Waals surface area contributed by atoms with Crippen molar-refractivity contribution in [2.24, 2.45) is 10.8 Å². The minimum absolute atomic E-state index is 0. The van der Waals surface area contributed by atoms with E-state index in [-0.39, 0.29) is 106 Å². The molecule has 0 spiro atoms. The number of nitrogens with one attached hydrogen (secondary N) is 2. The SMILES string of the molecule is CC(C)(C)C1(Nc2ccc(NC3(C(C)(C)C)CC=CC=C3S(=O)(=O)[O-])c3c2C(=O)c2ccccc2C3=O)CC=CC=C1S(=O)(=O)[O-].[Na+].[Na+]. The molecule has 0 saturated heterocycles. The van der Waals surface area contributed by atoms with Crippen molar-refractivity contribution in [3.63, 3.8) is 0 Å². The van der Waals surface area contributed by atoms with E-state index in [0.717, 1.165) is 0 Å². The summed E-state index contributed by atoms with van der Waals surface area (Å²) >= 11 is 0. The molecule has 0 heterocycles. The van der Waals surface area contributed by atoms with Gasteiger partial charge in [-0.15, -0.1) is 0 Å². The zero-order valence-corrected chi connectivity index (χ0v) is 34.1. The Kier molecular flexibility index (Phi) is 11.6. The summed E-state index contributed by atoms with van der Waals surface area (Å²) in [6, 6.07) is 9.29. The maximum Gasteiger partial charge on any atom is 1.00 e. The summed E-state index contributed by atoms with van der Waals surface area (Å²) in [6.45, 7) is 10.6. The molecule has 2 N–H and O–H groups in total. The molecule has 3 aliphatic carbocycles. The maximum atomic E-state index is 14.3. The molecule has 0 saturated carbocycles. The Morgan fingerprint density at radius 2 is 0.958 bits per heavy atom. The first kappa shape index (κ1) is 40.6. The van der Waals surface area contributed by atoms with E-state index in [4.69, 9.17) is 0 Å². The van der Waals surface area contributed by atoms with Crippen LogP contribution >= 0.6 is 0 Å². The van der Waals surface area contributed by atoms with E-state index < -0.39 is 63.5 Å². The van der Waals surface area contributed by atoms with Crippen molar-refractivity contribution in [1.29, 1.82) is 0 Å². The average Bonchev–Trinajstić information content (AvgIpc) is 2.94. The topological polar surface area (TPSA) is 173 Å². The summed E-state index contributed by atoms with van der Waals surface area (Å²) < 4.78 is 75.7. The van der Waals surface area contributed by atoms with E-state index in [1.807, 2.05) is 0 Å². The Morgan fingerprint density at radius 1 is 0.625 bits per heavy atom. The molecule has 3 aliphatic rings. The predicted octanol–water partition coefficient (Wildman–Crippen LogP) is -0.358. The van der Waals surface area contributed by atoms with Gasteiger partial charge in [-0.25, -0.2) is 16.8 Å². The van der Waals surface area contributed by atoms with Crippen LogP contribution in [0.5, 0.6) is 0 Å². The van der Waals surface area contributed by atoms with Gasteiger partial charge in [0.1, 0.15) is 20.2 Å². The van der Waals surface area contributed by atoms with Crippen molar-refractivity contribution in [2.45, 2.75) is 65.5 Å². The Hall–Kier alpha value is -1.84. The van der Waals surface area contributed by atoms with Crippen LogP contribution in [0.3, 0.4) is 0 Å². The van der Waals surface area contributed by atoms with Crippen LogP contribution in [0.4, 0.5) is 11.4 Å². The van der Waals surface area contributed by atoms with Gasteiger partial charge in [0, 0.05) is 22.5 Å². The second-order valence-corrected chi connectivity index (χ2v) is 16.6. The maximum absolute atomic E-state index is 14.3. The number of anilines is 2. The summed E-state index contributed by atoms with van der Waals surface area (Å²) in [5.41, 5.74) is -4.42. The van der Waals surface area contributed by atoms with Crippen LogP contribution in [0.2, 0.25) is 0 Å². The summed E-state index contributed by atoms with van der Waals surface area (Å²) in [5, 5.41) is 6.47. The minimum Gasteiger partial charge on any atom is -0.744 e. The first-order valence-electron chi connectivity index (χ1n) is 14.7. The molecule has 2 atom stereocenters. The van der Waals surface area contributed by atoms with Crippen LogP contribution in [-0.4, -0.2) is 48.6 Å². The van der Waals surface area contributed by atoms with E-state index in [0.29, 0.717) is 0 Å². The molecular weight excluding hydrogens is 674 g/mol. The normalized spacial score (nSPS) is 22.3. The predicted molar refractivity (Wildman–Crippen MR) is 174 cm³/mol. The van der Waals surface area contributed by atoms with Crippen LogP contribution in [0, 0.1) is 10.8 Å². The van der Waals surface area contributed by atoms with E-state index >= 15 is 0 Å². The Morgan fingerprint density at radius 3 is 1.25 bits per heavy atom. The fraction of sp³-hybridized carbons (Fsp3) is 0.353. The van der Waals surface area contributed by atoms with Gasteiger partial charge in [-0.3, -0.25) is 9.59 Å². The van der Waals surface area contributed by atoms with Crippen molar-refractivity contribution in [2.75, 3.05) is 10.6 Å². The molecule has 10 nitrogen and oxygen atoms in total. The zero-order chi connectivity index (χ0) is 34.1. The largest absolute Gasteiger partial charge is 1.00 e. The Labute approximate surface area is 326 Å². The molecule has 0 aliphatic heterocycles. The van der Waals surface area contributed by atoms with Crippen molar-refractivity contribution < 1.29 is 94.6 Å². The number of hydrogen-bond donors (Lipinski definition) is 2. The number of rotatable bonds is 6. The second-order valence-electron chi connectivity index (χ2n) is 13.9. The van der Waals surface area contributed by atoms with Crippen molar-refractivity contribution >= 4 is 43.2 Å². The van der Waals surface area contributed by atoms with E-state index in [1.165, 1.54) is 48.6 Å². The van der Waals surface area contributed by atoms with Gasteiger partial charge in [0.15, 0.2) is 11.6 Å². The summed E-state index contributed by atoms with van der Waals surface area (Å²) in [6.07, 6.45) is 9.09. The van der Waals surface area contributed by atoms with Gasteiger partial charge in [-0.1, -0.05) is 90.1 Å². The molecule has 0 radical (unpaired) electrons. The van der Waals surface area contributed by atoms with Crippen LogP contribution in [0.15, 0.2) is 82.7 Å². The number of fused-ring (bicyclic) bond motifs is 2. The average molecular weight is 711 g/mol. The zero-order valence-electron chi connectivity index (χ0n) is 28.4. The summed E-state index contributed by atoms with van der Waals surface area (Å²) in [5.74, 6) is -1.05. The molecule has 5 rings (SSSR count). The molecule has 48 heavy (non-hydrogen) atoms. The molecule has 0 fully saturated rings. The molecule has 2 aromatic rings. The van der Waals surface area contributed by atoms with Crippen LogP contribution < -0.4 is 69.7 Å². The number of benzene rings is 2. The fourth-order valence-electron chi connectivity index (χ4n) is 6.72. The number of carbonyl (C=O) groups excluding carboxylic acids is 2. The van der Waals surface area contributed by atoms with Gasteiger partial charge in [-0.05, 0) is 48.0 Å². The molecular formula is C34H36N2Na2O8S2. The quantitative estimate of drug-likeness (QED) is 0.254. The first-order valence-corrected chi connectivity index (χ1v) is 17.6. The van der Waals surface area contributed by atoms with Gasteiger partial charge >= 0.3 is 59.1 Å². The van der Waals surface area contributed by atoms with Crippen molar-refractivity contribution in [3.8, 4) is 0 Å². The standard InChI is InChI=1S/C34H38N2O8S2.2Na/c1-31(2,3)33(19-11-9-15-25(33)45(39,40)41)35-23-17-18-24(28-27(23)29(37)21-13-7-8-14-22(21)30(28)38)36-34(32(4,5)6)20-12-10-16-26(34)46(42,43)44;;/h7-18,35-36H,19-20H2,1-6H3,(H,39,40,41)(H,42,43,44);;/q;2*+1/p-2. The summed E-state index contributed by atoms with van der Waals surface area (Å²) in [7, 11) is -9.94. The number of hydrogen-bond acceptors (Lipinski definition) is 10. The first-order chi connectivity index (χ1) is 21.2. The molecule has 0 bridgehead atoms. The molecule has 0 aromatic heterocycles. The smallest absolute Gasteiger partial charge is 0.744 e. The van der Waals surface area contributed by atoms with Gasteiger partial charge in [0.05, 0.1) is 32.0 Å². The van der Waals surface area contributed by atoms with E-state index in [1.54, 1.807) is 65.8 Å². The minimum atomic E-state index is -4.97. The number of carbonyl (C=O) groups is 2. The molecule has 0 amide bonds. The molecule has 2 aromatic carbocycles. The van der Waals surface area contributed by atoms with Crippen molar-refractivity contribution in [3.05, 3.63) is 105 Å².